The van der Waals surface area contributed by atoms with Crippen LogP contribution in [0.15, 0.2) is 60.1 Å². The van der Waals surface area contributed by atoms with Crippen molar-refractivity contribution < 1.29 is 9.47 Å². The standard InChI is InChI=1S/C21H23N7O2/c1-2-7-23-18(3-1)6-12-30-21-25-19(27-24-16-17-4-8-22-9-5-17)15-20(26-21)28-10-13-29-14-11-28/h1-5,7-9,15-16H,6,10-14H2,(H,25,26,27)/b24-16+. The first-order chi connectivity index (χ1) is 14.9. The van der Waals surface area contributed by atoms with E-state index in [9.17, 15) is 0 Å². The van der Waals surface area contributed by atoms with Gasteiger partial charge in [-0.25, -0.2) is 0 Å². The molecule has 0 unspecified atom stereocenters. The molecule has 0 atom stereocenters. The molecule has 3 aromatic rings. The minimum atomic E-state index is 0.302. The smallest absolute Gasteiger partial charge is 0.320 e. The highest BCUT2D eigenvalue weighted by Crippen LogP contribution is 2.20. The lowest BCUT2D eigenvalue weighted by Crippen LogP contribution is -2.36. The molecule has 1 aliphatic rings. The summed E-state index contributed by atoms with van der Waals surface area (Å²) in [6, 6.07) is 11.7. The van der Waals surface area contributed by atoms with Crippen LogP contribution < -0.4 is 15.1 Å². The van der Waals surface area contributed by atoms with E-state index in [2.05, 4.69) is 35.4 Å². The molecule has 0 radical (unpaired) electrons. The van der Waals surface area contributed by atoms with Crippen molar-refractivity contribution in [3.8, 4) is 6.01 Å². The summed E-state index contributed by atoms with van der Waals surface area (Å²) in [4.78, 5) is 19.5. The molecular weight excluding hydrogens is 382 g/mol. The number of hydrogen-bond acceptors (Lipinski definition) is 9. The predicted octanol–water partition coefficient (Wildman–Crippen LogP) is 2.17. The third kappa shape index (κ3) is 5.71. The van der Waals surface area contributed by atoms with E-state index in [1.807, 2.05) is 36.4 Å². The molecule has 0 spiro atoms. The predicted molar refractivity (Wildman–Crippen MR) is 114 cm³/mol. The van der Waals surface area contributed by atoms with Crippen LogP contribution in [-0.4, -0.2) is 59.1 Å². The molecule has 9 nitrogen and oxygen atoms in total. The number of anilines is 2. The van der Waals surface area contributed by atoms with Crippen molar-refractivity contribution in [1.82, 2.24) is 19.9 Å². The summed E-state index contributed by atoms with van der Waals surface area (Å²) in [7, 11) is 0. The Kier molecular flexibility index (Phi) is 6.74. The topological polar surface area (TPSA) is 97.7 Å². The SMILES string of the molecule is C(=N\Nc1cc(N2CCOCC2)nc(OCCc2ccccn2)n1)/c1ccncc1. The number of nitrogens with one attached hydrogen (secondary N) is 1. The van der Waals surface area contributed by atoms with Gasteiger partial charge in [0.15, 0.2) is 5.82 Å². The van der Waals surface area contributed by atoms with Crippen LogP contribution in [0.1, 0.15) is 11.3 Å². The van der Waals surface area contributed by atoms with Crippen molar-refractivity contribution in [1.29, 1.82) is 0 Å². The minimum absolute atomic E-state index is 0.302. The van der Waals surface area contributed by atoms with Gasteiger partial charge in [-0.15, -0.1) is 0 Å². The molecule has 30 heavy (non-hydrogen) atoms. The maximum absolute atomic E-state index is 5.83. The Hall–Kier alpha value is -3.59. The van der Waals surface area contributed by atoms with Crippen molar-refractivity contribution in [3.63, 3.8) is 0 Å². The molecule has 9 heteroatoms. The fraction of sp³-hybridized carbons (Fsp3) is 0.286. The lowest BCUT2D eigenvalue weighted by molar-refractivity contribution is 0.122. The van der Waals surface area contributed by atoms with Crippen LogP contribution in [0, 0.1) is 0 Å². The summed E-state index contributed by atoms with van der Waals surface area (Å²) < 4.78 is 11.3. The lowest BCUT2D eigenvalue weighted by Gasteiger charge is -2.28. The van der Waals surface area contributed by atoms with Gasteiger partial charge in [-0.1, -0.05) is 6.07 Å². The molecule has 1 N–H and O–H groups in total. The van der Waals surface area contributed by atoms with Gasteiger partial charge in [0.25, 0.3) is 0 Å². The van der Waals surface area contributed by atoms with Gasteiger partial charge in [0.1, 0.15) is 5.82 Å². The Balaban J connectivity index is 1.46. The average Bonchev–Trinajstić information content (AvgIpc) is 2.81. The van der Waals surface area contributed by atoms with Gasteiger partial charge in [0.2, 0.25) is 0 Å². The van der Waals surface area contributed by atoms with Gasteiger partial charge in [-0.3, -0.25) is 15.4 Å². The molecule has 4 rings (SSSR count). The molecule has 3 aromatic heterocycles. The second kappa shape index (κ2) is 10.3. The maximum Gasteiger partial charge on any atom is 0.320 e. The van der Waals surface area contributed by atoms with Crippen molar-refractivity contribution in [2.45, 2.75) is 6.42 Å². The fourth-order valence-corrected chi connectivity index (χ4v) is 2.90. The number of rotatable bonds is 8. The van der Waals surface area contributed by atoms with Crippen LogP contribution in [0.2, 0.25) is 0 Å². The molecule has 0 bridgehead atoms. The highest BCUT2D eigenvalue weighted by atomic mass is 16.5. The van der Waals surface area contributed by atoms with Gasteiger partial charge < -0.3 is 14.4 Å². The Labute approximate surface area is 174 Å². The van der Waals surface area contributed by atoms with Crippen LogP contribution in [-0.2, 0) is 11.2 Å². The summed E-state index contributed by atoms with van der Waals surface area (Å²) >= 11 is 0. The van der Waals surface area contributed by atoms with E-state index >= 15 is 0 Å². The maximum atomic E-state index is 5.83. The van der Waals surface area contributed by atoms with E-state index in [0.29, 0.717) is 38.1 Å². The van der Waals surface area contributed by atoms with Gasteiger partial charge in [0, 0.05) is 49.9 Å². The van der Waals surface area contributed by atoms with Crippen LogP contribution in [0.4, 0.5) is 11.6 Å². The second-order valence-corrected chi connectivity index (χ2v) is 6.56. The molecule has 1 saturated heterocycles. The van der Waals surface area contributed by atoms with E-state index in [-0.39, 0.29) is 0 Å². The van der Waals surface area contributed by atoms with E-state index in [1.165, 1.54) is 0 Å². The molecule has 154 valence electrons. The highest BCUT2D eigenvalue weighted by molar-refractivity contribution is 5.79. The third-order valence-corrected chi connectivity index (χ3v) is 4.44. The van der Waals surface area contributed by atoms with Gasteiger partial charge >= 0.3 is 6.01 Å². The molecular formula is C21H23N7O2. The first kappa shape index (κ1) is 19.7. The molecule has 0 saturated carbocycles. The van der Waals surface area contributed by atoms with Crippen LogP contribution in [0.25, 0.3) is 0 Å². The van der Waals surface area contributed by atoms with E-state index in [4.69, 9.17) is 9.47 Å². The van der Waals surface area contributed by atoms with Crippen molar-refractivity contribution in [2.75, 3.05) is 43.2 Å². The molecule has 0 aliphatic carbocycles. The second-order valence-electron chi connectivity index (χ2n) is 6.56. The average molecular weight is 405 g/mol. The summed E-state index contributed by atoms with van der Waals surface area (Å²) in [5.74, 6) is 1.34. The monoisotopic (exact) mass is 405 g/mol. The number of pyridine rings is 2. The zero-order valence-electron chi connectivity index (χ0n) is 16.5. The largest absolute Gasteiger partial charge is 0.463 e. The highest BCUT2D eigenvalue weighted by Gasteiger charge is 2.15. The number of hydrazone groups is 1. The number of nitrogens with zero attached hydrogens (tertiary/aromatic N) is 6. The third-order valence-electron chi connectivity index (χ3n) is 4.44. The van der Waals surface area contributed by atoms with Crippen LogP contribution >= 0.6 is 0 Å². The molecule has 1 aliphatic heterocycles. The van der Waals surface area contributed by atoms with Gasteiger partial charge in [-0.05, 0) is 29.8 Å². The van der Waals surface area contributed by atoms with E-state index in [1.54, 1.807) is 24.8 Å². The fourth-order valence-electron chi connectivity index (χ4n) is 2.90. The van der Waals surface area contributed by atoms with Crippen molar-refractivity contribution in [2.24, 2.45) is 5.10 Å². The summed E-state index contributed by atoms with van der Waals surface area (Å²) in [5, 5.41) is 4.27. The van der Waals surface area contributed by atoms with E-state index in [0.717, 1.165) is 30.2 Å². The van der Waals surface area contributed by atoms with Crippen LogP contribution in [0.5, 0.6) is 6.01 Å². The zero-order chi connectivity index (χ0) is 20.4. The summed E-state index contributed by atoms with van der Waals surface area (Å²) in [5.41, 5.74) is 4.87. The Bertz CT molecular complexity index is 948. The first-order valence-electron chi connectivity index (χ1n) is 9.80. The van der Waals surface area contributed by atoms with Crippen molar-refractivity contribution in [3.05, 3.63) is 66.2 Å². The number of ether oxygens (including phenoxy) is 2. The number of aromatic nitrogens is 4. The number of hydrogen-bond donors (Lipinski definition) is 1. The molecule has 0 amide bonds. The number of morpholine rings is 1. The molecule has 1 fully saturated rings. The minimum Gasteiger partial charge on any atom is -0.463 e. The Morgan fingerprint density at radius 3 is 2.77 bits per heavy atom. The quantitative estimate of drug-likeness (QED) is 0.450. The Morgan fingerprint density at radius 2 is 1.97 bits per heavy atom. The van der Waals surface area contributed by atoms with Crippen LogP contribution in [0.3, 0.4) is 0 Å². The van der Waals surface area contributed by atoms with Crippen molar-refractivity contribution >= 4 is 17.9 Å². The molecule has 4 heterocycles. The summed E-state index contributed by atoms with van der Waals surface area (Å²) in [6.45, 7) is 3.31. The Morgan fingerprint density at radius 1 is 1.10 bits per heavy atom. The van der Waals surface area contributed by atoms with Gasteiger partial charge in [0.05, 0.1) is 26.0 Å². The van der Waals surface area contributed by atoms with Gasteiger partial charge in [-0.2, -0.15) is 15.1 Å². The lowest BCUT2D eigenvalue weighted by atomic mass is 10.3. The summed E-state index contributed by atoms with van der Waals surface area (Å²) in [6.07, 6.45) is 7.59. The normalized spacial score (nSPS) is 14.1. The zero-order valence-corrected chi connectivity index (χ0v) is 16.5. The van der Waals surface area contributed by atoms with E-state index < -0.39 is 0 Å². The first-order valence-corrected chi connectivity index (χ1v) is 9.80. The molecule has 0 aromatic carbocycles.